The van der Waals surface area contributed by atoms with Gasteiger partial charge in [-0.25, -0.2) is 14.2 Å². The molecular formula is C12H15FN2O3. The van der Waals surface area contributed by atoms with Gasteiger partial charge in [-0.2, -0.15) is 0 Å². The minimum Gasteiger partial charge on any atom is -0.478 e. The number of piperidine rings is 1. The van der Waals surface area contributed by atoms with Crippen LogP contribution in [0.25, 0.3) is 0 Å². The van der Waals surface area contributed by atoms with Crippen LogP contribution in [0.2, 0.25) is 0 Å². The van der Waals surface area contributed by atoms with Crippen molar-refractivity contribution in [1.82, 2.24) is 4.98 Å². The van der Waals surface area contributed by atoms with Crippen LogP contribution >= 0.6 is 0 Å². The Morgan fingerprint density at radius 2 is 2.33 bits per heavy atom. The van der Waals surface area contributed by atoms with Crippen LogP contribution in [-0.4, -0.2) is 40.4 Å². The van der Waals surface area contributed by atoms with E-state index >= 15 is 0 Å². The average molecular weight is 254 g/mol. The highest BCUT2D eigenvalue weighted by molar-refractivity contribution is 5.93. The number of carboxylic acids is 1. The van der Waals surface area contributed by atoms with Gasteiger partial charge in [-0.15, -0.1) is 0 Å². The predicted octanol–water partition coefficient (Wildman–Crippen LogP) is 1.13. The maximum absolute atomic E-state index is 13.0. The smallest absolute Gasteiger partial charge is 0.339 e. The zero-order valence-corrected chi connectivity index (χ0v) is 10.0. The van der Waals surface area contributed by atoms with Gasteiger partial charge in [0.15, 0.2) is 0 Å². The minimum absolute atomic E-state index is 0.170. The van der Waals surface area contributed by atoms with E-state index in [0.717, 1.165) is 18.7 Å². The van der Waals surface area contributed by atoms with E-state index in [1.165, 1.54) is 0 Å². The molecule has 98 valence electrons. The fourth-order valence-corrected chi connectivity index (χ4v) is 2.08. The molecule has 2 heterocycles. The number of aliphatic hydroxyl groups is 1. The summed E-state index contributed by atoms with van der Waals surface area (Å²) in [4.78, 5) is 16.6. The maximum atomic E-state index is 13.0. The van der Waals surface area contributed by atoms with Crippen molar-refractivity contribution in [1.29, 1.82) is 0 Å². The first-order valence-electron chi connectivity index (χ1n) is 5.81. The summed E-state index contributed by atoms with van der Waals surface area (Å²) in [5.74, 6) is -1.50. The molecule has 18 heavy (non-hydrogen) atoms. The molecule has 0 amide bonds. The van der Waals surface area contributed by atoms with Crippen molar-refractivity contribution in [3.63, 3.8) is 0 Å². The zero-order chi connectivity index (χ0) is 13.3. The lowest BCUT2D eigenvalue weighted by molar-refractivity contribution is 0.0694. The molecule has 6 heteroatoms. The molecule has 2 rings (SSSR count). The van der Waals surface area contributed by atoms with Crippen LogP contribution in [0.1, 0.15) is 23.7 Å². The number of hydrogen-bond donors (Lipinski definition) is 2. The molecule has 0 aromatic carbocycles. The Morgan fingerprint density at radius 1 is 1.61 bits per heavy atom. The predicted molar refractivity (Wildman–Crippen MR) is 63.2 cm³/mol. The number of aromatic nitrogens is 1. The van der Waals surface area contributed by atoms with E-state index in [1.54, 1.807) is 4.90 Å². The number of carbonyl (C=O) groups is 1. The second-order valence-electron chi connectivity index (χ2n) is 4.61. The normalized spacial score (nSPS) is 24.1. The first-order chi connectivity index (χ1) is 8.49. The summed E-state index contributed by atoms with van der Waals surface area (Å²) in [6, 6.07) is 0.953. The lowest BCUT2D eigenvalue weighted by Gasteiger charge is -2.35. The highest BCUT2D eigenvalue weighted by Gasteiger charge is 2.27. The van der Waals surface area contributed by atoms with E-state index in [4.69, 9.17) is 5.11 Å². The molecule has 5 nitrogen and oxygen atoms in total. The first kappa shape index (κ1) is 12.8. The van der Waals surface area contributed by atoms with Crippen molar-refractivity contribution in [2.75, 3.05) is 18.0 Å². The second-order valence-corrected chi connectivity index (χ2v) is 4.61. The molecule has 0 aliphatic carbocycles. The van der Waals surface area contributed by atoms with E-state index in [0.29, 0.717) is 13.1 Å². The Labute approximate surface area is 104 Å². The topological polar surface area (TPSA) is 73.7 Å². The number of anilines is 1. The number of aliphatic hydroxyl groups excluding tert-OH is 1. The summed E-state index contributed by atoms with van der Waals surface area (Å²) in [6.45, 7) is 2.87. The van der Waals surface area contributed by atoms with Crippen molar-refractivity contribution >= 4 is 11.8 Å². The number of nitrogens with zero attached hydrogens (tertiary/aromatic N) is 2. The zero-order valence-electron chi connectivity index (χ0n) is 10.0. The molecule has 2 N–H and O–H groups in total. The second kappa shape index (κ2) is 4.89. The van der Waals surface area contributed by atoms with E-state index in [2.05, 4.69) is 4.98 Å². The van der Waals surface area contributed by atoms with Gasteiger partial charge >= 0.3 is 5.97 Å². The van der Waals surface area contributed by atoms with Crippen molar-refractivity contribution < 1.29 is 19.4 Å². The van der Waals surface area contributed by atoms with Crippen molar-refractivity contribution in [3.05, 3.63) is 23.6 Å². The van der Waals surface area contributed by atoms with Gasteiger partial charge in [0, 0.05) is 13.1 Å². The van der Waals surface area contributed by atoms with Crippen molar-refractivity contribution in [2.45, 2.75) is 19.4 Å². The monoisotopic (exact) mass is 254 g/mol. The van der Waals surface area contributed by atoms with Crippen molar-refractivity contribution in [3.8, 4) is 0 Å². The third-order valence-corrected chi connectivity index (χ3v) is 3.28. The highest BCUT2D eigenvalue weighted by Crippen LogP contribution is 2.25. The molecule has 1 aliphatic heterocycles. The van der Waals surface area contributed by atoms with Gasteiger partial charge in [0.05, 0.1) is 12.3 Å². The number of rotatable bonds is 2. The number of carboxylic acid groups (broad SMARTS) is 1. The van der Waals surface area contributed by atoms with Crippen LogP contribution in [0.4, 0.5) is 10.2 Å². The molecule has 1 aromatic heterocycles. The van der Waals surface area contributed by atoms with Gasteiger partial charge in [0.25, 0.3) is 0 Å². The summed E-state index contributed by atoms with van der Waals surface area (Å²) in [5, 5.41) is 18.8. The summed E-state index contributed by atoms with van der Waals surface area (Å²) < 4.78 is 13.0. The molecule has 1 fully saturated rings. The Hall–Kier alpha value is -1.69. The molecule has 1 aliphatic rings. The SMILES string of the molecule is CC1CCN(c2ncc(F)cc2C(=O)O)CC1O. The largest absolute Gasteiger partial charge is 0.478 e. The fraction of sp³-hybridized carbons (Fsp3) is 0.500. The average Bonchev–Trinajstić information content (AvgIpc) is 2.32. The third kappa shape index (κ3) is 2.43. The fourth-order valence-electron chi connectivity index (χ4n) is 2.08. The van der Waals surface area contributed by atoms with Crippen LogP contribution in [-0.2, 0) is 0 Å². The molecule has 0 radical (unpaired) electrons. The van der Waals surface area contributed by atoms with Crippen molar-refractivity contribution in [2.24, 2.45) is 5.92 Å². The van der Waals surface area contributed by atoms with E-state index in [1.807, 2.05) is 6.92 Å². The van der Waals surface area contributed by atoms with E-state index in [-0.39, 0.29) is 17.3 Å². The Balaban J connectivity index is 2.30. The number of aromatic carboxylic acids is 1. The molecule has 2 unspecified atom stereocenters. The highest BCUT2D eigenvalue weighted by atomic mass is 19.1. The van der Waals surface area contributed by atoms with Crippen LogP contribution in [0, 0.1) is 11.7 Å². The summed E-state index contributed by atoms with van der Waals surface area (Å²) in [5.41, 5.74) is -0.170. The van der Waals surface area contributed by atoms with Gasteiger partial charge < -0.3 is 15.1 Å². The van der Waals surface area contributed by atoms with Crippen LogP contribution in [0.5, 0.6) is 0 Å². The van der Waals surface area contributed by atoms with Gasteiger partial charge in [0.2, 0.25) is 0 Å². The summed E-state index contributed by atoms with van der Waals surface area (Å²) in [6.07, 6.45) is 1.22. The number of pyridine rings is 1. The molecule has 2 atom stereocenters. The third-order valence-electron chi connectivity index (χ3n) is 3.28. The lowest BCUT2D eigenvalue weighted by Crippen LogP contribution is -2.43. The summed E-state index contributed by atoms with van der Waals surface area (Å²) >= 11 is 0. The first-order valence-corrected chi connectivity index (χ1v) is 5.81. The molecule has 0 saturated carbocycles. The quantitative estimate of drug-likeness (QED) is 0.827. The standard InChI is InChI=1S/C12H15FN2O3/c1-7-2-3-15(6-10(7)16)11-9(12(17)18)4-8(13)5-14-11/h4-5,7,10,16H,2-3,6H2,1H3,(H,17,18). The van der Waals surface area contributed by atoms with Crippen LogP contribution < -0.4 is 4.90 Å². The van der Waals surface area contributed by atoms with Crippen LogP contribution in [0.15, 0.2) is 12.3 Å². The van der Waals surface area contributed by atoms with Gasteiger partial charge in [-0.3, -0.25) is 0 Å². The van der Waals surface area contributed by atoms with Gasteiger partial charge in [-0.05, 0) is 18.4 Å². The molecule has 0 bridgehead atoms. The van der Waals surface area contributed by atoms with Gasteiger partial charge in [0.1, 0.15) is 17.2 Å². The lowest BCUT2D eigenvalue weighted by atomic mass is 9.96. The number of halogens is 1. The number of β-amino-alcohol motifs (C(OH)–C–C–N with tert-alkyl or cyclic N) is 1. The Bertz CT molecular complexity index is 467. The number of hydrogen-bond acceptors (Lipinski definition) is 4. The molecular weight excluding hydrogens is 239 g/mol. The molecule has 1 aromatic rings. The Kier molecular flexibility index (Phi) is 3.47. The minimum atomic E-state index is -1.22. The Morgan fingerprint density at radius 3 is 2.94 bits per heavy atom. The maximum Gasteiger partial charge on any atom is 0.339 e. The van der Waals surface area contributed by atoms with Crippen LogP contribution in [0.3, 0.4) is 0 Å². The van der Waals surface area contributed by atoms with Gasteiger partial charge in [-0.1, -0.05) is 6.92 Å². The molecule has 1 saturated heterocycles. The van der Waals surface area contributed by atoms with E-state index in [9.17, 15) is 14.3 Å². The van der Waals surface area contributed by atoms with E-state index < -0.39 is 17.9 Å². The molecule has 0 spiro atoms. The summed E-state index contributed by atoms with van der Waals surface area (Å²) in [7, 11) is 0.